The van der Waals surface area contributed by atoms with E-state index in [1.165, 1.54) is 11.1 Å². The van der Waals surface area contributed by atoms with Gasteiger partial charge < -0.3 is 5.32 Å². The van der Waals surface area contributed by atoms with Crippen LogP contribution in [-0.2, 0) is 6.42 Å². The van der Waals surface area contributed by atoms with Crippen LogP contribution in [0.2, 0.25) is 5.02 Å². The first kappa shape index (κ1) is 17.2. The number of aromatic nitrogens is 1. The maximum absolute atomic E-state index is 12.1. The van der Waals surface area contributed by atoms with Gasteiger partial charge in [-0.3, -0.25) is 9.78 Å². The molecule has 0 amide bonds. The van der Waals surface area contributed by atoms with Crippen LogP contribution in [0.5, 0.6) is 0 Å². The number of hydrogen-bond donors (Lipinski definition) is 1. The Hall–Kier alpha value is -2.65. The molecule has 0 atom stereocenters. The first-order chi connectivity index (χ1) is 12.2. The molecule has 4 heteroatoms. The Kier molecular flexibility index (Phi) is 5.81. The number of hydrogen-bond acceptors (Lipinski definition) is 3. The molecule has 0 aliphatic carbocycles. The van der Waals surface area contributed by atoms with Gasteiger partial charge in [-0.05, 0) is 66.1 Å². The lowest BCUT2D eigenvalue weighted by Crippen LogP contribution is -2.08. The summed E-state index contributed by atoms with van der Waals surface area (Å²) < 4.78 is 0. The molecule has 0 saturated carbocycles. The minimum Gasteiger partial charge on any atom is -0.385 e. The normalized spacial score (nSPS) is 10.4. The molecular weight excluding hydrogens is 332 g/mol. The number of Topliss-reactive ketones (excluding diaryl/α,β-unsaturated/α-hetero) is 1. The highest BCUT2D eigenvalue weighted by atomic mass is 35.5. The molecule has 25 heavy (non-hydrogen) atoms. The molecule has 0 spiro atoms. The number of pyridine rings is 1. The molecule has 2 aromatic carbocycles. The number of ketones is 1. The van der Waals surface area contributed by atoms with Gasteiger partial charge >= 0.3 is 0 Å². The number of nitrogens with zero attached hydrogens (tertiary/aromatic N) is 1. The number of carbonyl (C=O) groups is 1. The summed E-state index contributed by atoms with van der Waals surface area (Å²) in [5, 5.41) is 3.93. The van der Waals surface area contributed by atoms with E-state index in [-0.39, 0.29) is 5.78 Å². The van der Waals surface area contributed by atoms with E-state index in [1.807, 2.05) is 36.7 Å². The highest BCUT2D eigenvalue weighted by molar-refractivity contribution is 6.30. The van der Waals surface area contributed by atoms with E-state index in [4.69, 9.17) is 11.6 Å². The third kappa shape index (κ3) is 5.16. The van der Waals surface area contributed by atoms with Crippen LogP contribution in [-0.4, -0.2) is 17.3 Å². The molecule has 3 rings (SSSR count). The zero-order chi connectivity index (χ0) is 17.5. The second kappa shape index (κ2) is 8.45. The maximum Gasteiger partial charge on any atom is 0.164 e. The summed E-state index contributed by atoms with van der Waals surface area (Å²) in [5.74, 6) is 0.110. The fourth-order valence-corrected chi connectivity index (χ4v) is 2.70. The van der Waals surface area contributed by atoms with Crippen LogP contribution in [0.4, 0.5) is 5.69 Å². The van der Waals surface area contributed by atoms with Crippen LogP contribution >= 0.6 is 11.6 Å². The van der Waals surface area contributed by atoms with Crippen LogP contribution in [0, 0.1) is 0 Å². The van der Waals surface area contributed by atoms with Crippen molar-refractivity contribution < 1.29 is 4.79 Å². The van der Waals surface area contributed by atoms with Crippen molar-refractivity contribution in [1.82, 2.24) is 4.98 Å². The summed E-state index contributed by atoms with van der Waals surface area (Å²) in [6, 6.07) is 19.3. The standard InChI is InChI=1S/C21H19ClN2O/c22-19-5-3-18(4-6-19)21(25)11-14-24-20-7-1-16(2-8-20)15-17-9-12-23-13-10-17/h1-10,12-13,24H,11,14-15H2. The molecule has 3 nitrogen and oxygen atoms in total. The van der Waals surface area contributed by atoms with Gasteiger partial charge in [-0.1, -0.05) is 23.7 Å². The molecule has 0 bridgehead atoms. The van der Waals surface area contributed by atoms with E-state index < -0.39 is 0 Å². The van der Waals surface area contributed by atoms with Crippen molar-refractivity contribution in [3.05, 3.63) is 94.8 Å². The molecule has 1 heterocycles. The summed E-state index contributed by atoms with van der Waals surface area (Å²) in [7, 11) is 0. The van der Waals surface area contributed by atoms with Gasteiger partial charge in [0.15, 0.2) is 5.78 Å². The number of benzene rings is 2. The fourth-order valence-electron chi connectivity index (χ4n) is 2.58. The molecule has 0 unspecified atom stereocenters. The minimum atomic E-state index is 0.110. The largest absolute Gasteiger partial charge is 0.385 e. The van der Waals surface area contributed by atoms with Gasteiger partial charge in [0.2, 0.25) is 0 Å². The smallest absolute Gasteiger partial charge is 0.164 e. The molecule has 1 aromatic heterocycles. The predicted molar refractivity (Wildman–Crippen MR) is 102 cm³/mol. The fraction of sp³-hybridized carbons (Fsp3) is 0.143. The molecule has 3 aromatic rings. The quantitative estimate of drug-likeness (QED) is 0.609. The van der Waals surface area contributed by atoms with Crippen molar-refractivity contribution in [3.63, 3.8) is 0 Å². The number of nitrogens with one attached hydrogen (secondary N) is 1. The second-order valence-corrected chi connectivity index (χ2v) is 6.27. The zero-order valence-corrected chi connectivity index (χ0v) is 14.5. The molecule has 0 fully saturated rings. The molecule has 0 saturated heterocycles. The van der Waals surface area contributed by atoms with E-state index >= 15 is 0 Å². The molecule has 0 aliphatic heterocycles. The van der Waals surface area contributed by atoms with Crippen molar-refractivity contribution in [2.45, 2.75) is 12.8 Å². The van der Waals surface area contributed by atoms with Gasteiger partial charge in [-0.25, -0.2) is 0 Å². The summed E-state index contributed by atoms with van der Waals surface area (Å²) in [4.78, 5) is 16.1. The summed E-state index contributed by atoms with van der Waals surface area (Å²) in [5.41, 5.74) is 4.19. The van der Waals surface area contributed by atoms with Crippen molar-refractivity contribution in [2.24, 2.45) is 0 Å². The van der Waals surface area contributed by atoms with E-state index in [2.05, 4.69) is 22.4 Å². The Balaban J connectivity index is 1.48. The highest BCUT2D eigenvalue weighted by Gasteiger charge is 2.05. The van der Waals surface area contributed by atoms with Gasteiger partial charge in [0.05, 0.1) is 0 Å². The Morgan fingerprint density at radius 2 is 1.52 bits per heavy atom. The summed E-state index contributed by atoms with van der Waals surface area (Å²) >= 11 is 5.84. The Bertz CT molecular complexity index is 815. The van der Waals surface area contributed by atoms with Crippen molar-refractivity contribution >= 4 is 23.1 Å². The number of halogens is 1. The Labute approximate surface area is 152 Å². The number of carbonyl (C=O) groups excluding carboxylic acids is 1. The van der Waals surface area contributed by atoms with Crippen LogP contribution in [0.1, 0.15) is 27.9 Å². The van der Waals surface area contributed by atoms with Crippen LogP contribution in [0.15, 0.2) is 73.1 Å². The number of rotatable bonds is 7. The van der Waals surface area contributed by atoms with E-state index in [9.17, 15) is 4.79 Å². The minimum absolute atomic E-state index is 0.110. The van der Waals surface area contributed by atoms with Gasteiger partial charge in [0.1, 0.15) is 0 Å². The van der Waals surface area contributed by atoms with E-state index in [1.54, 1.807) is 24.3 Å². The lowest BCUT2D eigenvalue weighted by Gasteiger charge is -2.08. The lowest BCUT2D eigenvalue weighted by atomic mass is 10.1. The van der Waals surface area contributed by atoms with Gasteiger partial charge in [-0.2, -0.15) is 0 Å². The Morgan fingerprint density at radius 3 is 2.20 bits per heavy atom. The average molecular weight is 351 g/mol. The van der Waals surface area contributed by atoms with Crippen LogP contribution in [0.25, 0.3) is 0 Å². The van der Waals surface area contributed by atoms with Crippen molar-refractivity contribution in [2.75, 3.05) is 11.9 Å². The maximum atomic E-state index is 12.1. The van der Waals surface area contributed by atoms with Gasteiger partial charge in [0, 0.05) is 41.6 Å². The van der Waals surface area contributed by atoms with Gasteiger partial charge in [0.25, 0.3) is 0 Å². The monoisotopic (exact) mass is 350 g/mol. The van der Waals surface area contributed by atoms with E-state index in [0.29, 0.717) is 23.6 Å². The van der Waals surface area contributed by atoms with Crippen LogP contribution < -0.4 is 5.32 Å². The summed E-state index contributed by atoms with van der Waals surface area (Å²) in [6.45, 7) is 0.602. The zero-order valence-electron chi connectivity index (χ0n) is 13.8. The molecule has 0 radical (unpaired) electrons. The van der Waals surface area contributed by atoms with Crippen LogP contribution in [0.3, 0.4) is 0 Å². The Morgan fingerprint density at radius 1 is 0.880 bits per heavy atom. The average Bonchev–Trinajstić information content (AvgIpc) is 2.64. The third-order valence-electron chi connectivity index (χ3n) is 3.96. The summed E-state index contributed by atoms with van der Waals surface area (Å²) in [6.07, 6.45) is 4.95. The lowest BCUT2D eigenvalue weighted by molar-refractivity contribution is 0.0986. The number of anilines is 1. The molecule has 1 N–H and O–H groups in total. The first-order valence-corrected chi connectivity index (χ1v) is 8.59. The topological polar surface area (TPSA) is 42.0 Å². The second-order valence-electron chi connectivity index (χ2n) is 5.84. The van der Waals surface area contributed by atoms with Gasteiger partial charge in [-0.15, -0.1) is 0 Å². The third-order valence-corrected chi connectivity index (χ3v) is 4.21. The molecule has 0 aliphatic rings. The van der Waals surface area contributed by atoms with Crippen molar-refractivity contribution in [1.29, 1.82) is 0 Å². The SMILES string of the molecule is O=C(CCNc1ccc(Cc2ccncc2)cc1)c1ccc(Cl)cc1. The molecular formula is C21H19ClN2O. The van der Waals surface area contributed by atoms with Crippen molar-refractivity contribution in [3.8, 4) is 0 Å². The highest BCUT2D eigenvalue weighted by Crippen LogP contribution is 2.14. The predicted octanol–water partition coefficient (Wildman–Crippen LogP) is 5.01. The first-order valence-electron chi connectivity index (χ1n) is 8.21. The molecule has 126 valence electrons. The van der Waals surface area contributed by atoms with E-state index in [0.717, 1.165) is 12.1 Å².